The molecule has 2 rings (SSSR count). The SMILES string of the molecule is Cc1ccccc1OCC(=O)NCC(=O)NN=C/C=C/c1ccccc1. The lowest BCUT2D eigenvalue weighted by Gasteiger charge is -2.08. The Hall–Kier alpha value is -3.41. The molecule has 0 bridgehead atoms. The summed E-state index contributed by atoms with van der Waals surface area (Å²) in [5.74, 6) is -0.156. The molecule has 6 heteroatoms. The van der Waals surface area contributed by atoms with Crippen LogP contribution in [-0.4, -0.2) is 31.2 Å². The molecule has 0 fully saturated rings. The number of amides is 2. The highest BCUT2D eigenvalue weighted by atomic mass is 16.5. The highest BCUT2D eigenvalue weighted by Crippen LogP contribution is 2.15. The van der Waals surface area contributed by atoms with Crippen LogP contribution in [0.15, 0.2) is 65.8 Å². The lowest BCUT2D eigenvalue weighted by atomic mass is 10.2. The van der Waals surface area contributed by atoms with E-state index in [0.29, 0.717) is 5.75 Å². The van der Waals surface area contributed by atoms with Crippen molar-refractivity contribution in [2.75, 3.05) is 13.2 Å². The zero-order valence-corrected chi connectivity index (χ0v) is 14.5. The number of allylic oxidation sites excluding steroid dienone is 1. The fourth-order valence-electron chi connectivity index (χ4n) is 2.00. The molecule has 0 aliphatic carbocycles. The number of hydrazone groups is 1. The molecule has 0 saturated carbocycles. The standard InChI is InChI=1S/C20H21N3O3/c1-16-8-5-6-12-18(16)26-15-20(25)21-14-19(24)23-22-13-7-11-17-9-3-2-4-10-17/h2-13H,14-15H2,1H3,(H,21,25)(H,23,24)/b11-7+,22-13?. The summed E-state index contributed by atoms with van der Waals surface area (Å²) in [5, 5.41) is 6.25. The van der Waals surface area contributed by atoms with Crippen LogP contribution in [0.1, 0.15) is 11.1 Å². The molecule has 0 aromatic heterocycles. The Morgan fingerprint density at radius 1 is 1.04 bits per heavy atom. The number of aryl methyl sites for hydroxylation is 1. The van der Waals surface area contributed by atoms with Crippen molar-refractivity contribution in [2.45, 2.75) is 6.92 Å². The first-order valence-corrected chi connectivity index (χ1v) is 8.14. The van der Waals surface area contributed by atoms with Gasteiger partial charge in [0.1, 0.15) is 5.75 Å². The molecule has 0 spiro atoms. The number of benzene rings is 2. The molecule has 2 aromatic carbocycles. The van der Waals surface area contributed by atoms with Crippen LogP contribution in [0.25, 0.3) is 6.08 Å². The predicted molar refractivity (Wildman–Crippen MR) is 102 cm³/mol. The second kappa shape index (κ2) is 10.5. The third-order valence-electron chi connectivity index (χ3n) is 3.34. The summed E-state index contributed by atoms with van der Waals surface area (Å²) in [4.78, 5) is 23.3. The molecule has 0 radical (unpaired) electrons. The minimum Gasteiger partial charge on any atom is -0.484 e. The van der Waals surface area contributed by atoms with Crippen molar-refractivity contribution in [3.8, 4) is 5.75 Å². The summed E-state index contributed by atoms with van der Waals surface area (Å²) >= 11 is 0. The summed E-state index contributed by atoms with van der Waals surface area (Å²) < 4.78 is 5.40. The van der Waals surface area contributed by atoms with Crippen molar-refractivity contribution in [2.24, 2.45) is 5.10 Å². The van der Waals surface area contributed by atoms with Crippen LogP contribution < -0.4 is 15.5 Å². The molecule has 2 N–H and O–H groups in total. The summed E-state index contributed by atoms with van der Waals surface area (Å²) in [6.45, 7) is 1.57. The van der Waals surface area contributed by atoms with Gasteiger partial charge in [0.15, 0.2) is 6.61 Å². The number of nitrogens with one attached hydrogen (secondary N) is 2. The lowest BCUT2D eigenvalue weighted by Crippen LogP contribution is -2.37. The number of hydrogen-bond donors (Lipinski definition) is 2. The van der Waals surface area contributed by atoms with Gasteiger partial charge in [-0.15, -0.1) is 0 Å². The van der Waals surface area contributed by atoms with E-state index < -0.39 is 5.91 Å². The van der Waals surface area contributed by atoms with Crippen molar-refractivity contribution in [3.05, 3.63) is 71.8 Å². The predicted octanol–water partition coefficient (Wildman–Crippen LogP) is 2.31. The van der Waals surface area contributed by atoms with Crippen molar-refractivity contribution in [3.63, 3.8) is 0 Å². The number of rotatable bonds is 8. The summed E-state index contributed by atoms with van der Waals surface area (Å²) in [5.41, 5.74) is 4.31. The van der Waals surface area contributed by atoms with Crippen LogP contribution in [0.4, 0.5) is 0 Å². The molecule has 2 amide bonds. The van der Waals surface area contributed by atoms with E-state index in [1.165, 1.54) is 6.21 Å². The normalized spacial score (nSPS) is 10.8. The summed E-state index contributed by atoms with van der Waals surface area (Å²) in [7, 11) is 0. The van der Waals surface area contributed by atoms with Crippen molar-refractivity contribution in [1.29, 1.82) is 0 Å². The molecule has 0 aliphatic rings. The Morgan fingerprint density at radius 3 is 2.54 bits per heavy atom. The van der Waals surface area contributed by atoms with Gasteiger partial charge in [0.05, 0.1) is 6.54 Å². The molecule has 0 atom stereocenters. The second-order valence-electron chi connectivity index (χ2n) is 5.41. The first-order chi connectivity index (χ1) is 12.6. The van der Waals surface area contributed by atoms with Crippen LogP contribution in [0.5, 0.6) is 5.75 Å². The van der Waals surface area contributed by atoms with Gasteiger partial charge < -0.3 is 10.1 Å². The topological polar surface area (TPSA) is 79.8 Å². The molecular weight excluding hydrogens is 330 g/mol. The van der Waals surface area contributed by atoms with Gasteiger partial charge in [0.2, 0.25) is 0 Å². The average molecular weight is 351 g/mol. The van der Waals surface area contributed by atoms with E-state index in [2.05, 4.69) is 15.8 Å². The molecule has 0 heterocycles. The van der Waals surface area contributed by atoms with E-state index >= 15 is 0 Å². The minimum atomic E-state index is -0.418. The Kier molecular flexibility index (Phi) is 7.61. The number of hydrogen-bond acceptors (Lipinski definition) is 4. The number of para-hydroxylation sites is 1. The molecular formula is C20H21N3O3. The molecule has 134 valence electrons. The Balaban J connectivity index is 1.63. The lowest BCUT2D eigenvalue weighted by molar-refractivity contribution is -0.127. The van der Waals surface area contributed by atoms with Crippen molar-refractivity contribution in [1.82, 2.24) is 10.7 Å². The van der Waals surface area contributed by atoms with Gasteiger partial charge in [-0.05, 0) is 30.2 Å². The van der Waals surface area contributed by atoms with E-state index in [-0.39, 0.29) is 19.1 Å². The van der Waals surface area contributed by atoms with Gasteiger partial charge in [-0.25, -0.2) is 5.43 Å². The maximum atomic E-state index is 11.7. The maximum absolute atomic E-state index is 11.7. The molecule has 2 aromatic rings. The quantitative estimate of drug-likeness (QED) is 0.566. The van der Waals surface area contributed by atoms with Crippen LogP contribution in [0.3, 0.4) is 0 Å². The zero-order chi connectivity index (χ0) is 18.6. The van der Waals surface area contributed by atoms with Crippen LogP contribution >= 0.6 is 0 Å². The van der Waals surface area contributed by atoms with Gasteiger partial charge in [-0.3, -0.25) is 9.59 Å². The smallest absolute Gasteiger partial charge is 0.259 e. The number of carbonyl (C=O) groups is 2. The van der Waals surface area contributed by atoms with E-state index in [9.17, 15) is 9.59 Å². The monoisotopic (exact) mass is 351 g/mol. The molecule has 26 heavy (non-hydrogen) atoms. The molecule has 0 unspecified atom stereocenters. The van der Waals surface area contributed by atoms with Crippen molar-refractivity contribution < 1.29 is 14.3 Å². The Morgan fingerprint density at radius 2 is 1.77 bits per heavy atom. The van der Waals surface area contributed by atoms with E-state index in [1.54, 1.807) is 12.1 Å². The van der Waals surface area contributed by atoms with E-state index in [4.69, 9.17) is 4.74 Å². The fourth-order valence-corrected chi connectivity index (χ4v) is 2.00. The van der Waals surface area contributed by atoms with Crippen LogP contribution in [-0.2, 0) is 9.59 Å². The van der Waals surface area contributed by atoms with E-state index in [0.717, 1.165) is 11.1 Å². The highest BCUT2D eigenvalue weighted by molar-refractivity contribution is 5.86. The highest BCUT2D eigenvalue weighted by Gasteiger charge is 2.06. The van der Waals surface area contributed by atoms with Gasteiger partial charge in [0, 0.05) is 6.21 Å². The molecule has 0 saturated heterocycles. The number of ether oxygens (including phenoxy) is 1. The van der Waals surface area contributed by atoms with Gasteiger partial charge >= 0.3 is 0 Å². The molecule has 6 nitrogen and oxygen atoms in total. The van der Waals surface area contributed by atoms with Gasteiger partial charge in [-0.2, -0.15) is 5.10 Å². The maximum Gasteiger partial charge on any atom is 0.259 e. The zero-order valence-electron chi connectivity index (χ0n) is 14.5. The van der Waals surface area contributed by atoms with E-state index in [1.807, 2.05) is 61.5 Å². The van der Waals surface area contributed by atoms with Gasteiger partial charge in [-0.1, -0.05) is 54.6 Å². The first-order valence-electron chi connectivity index (χ1n) is 8.14. The van der Waals surface area contributed by atoms with Crippen LogP contribution in [0, 0.1) is 6.92 Å². The summed E-state index contributed by atoms with van der Waals surface area (Å²) in [6, 6.07) is 17.1. The fraction of sp³-hybridized carbons (Fsp3) is 0.150. The Bertz CT molecular complexity index is 786. The largest absolute Gasteiger partial charge is 0.484 e. The average Bonchev–Trinajstić information content (AvgIpc) is 2.66. The number of carbonyl (C=O) groups excluding carboxylic acids is 2. The van der Waals surface area contributed by atoms with Crippen molar-refractivity contribution >= 4 is 24.1 Å². The third-order valence-corrected chi connectivity index (χ3v) is 3.34. The summed E-state index contributed by atoms with van der Waals surface area (Å²) in [6.07, 6.45) is 5.04. The first kappa shape index (κ1) is 18.9. The Labute approximate surface area is 152 Å². The van der Waals surface area contributed by atoms with Crippen LogP contribution in [0.2, 0.25) is 0 Å². The molecule has 0 aliphatic heterocycles. The van der Waals surface area contributed by atoms with Gasteiger partial charge in [0.25, 0.3) is 11.8 Å². The minimum absolute atomic E-state index is 0.152. The second-order valence-corrected chi connectivity index (χ2v) is 5.41. The third kappa shape index (κ3) is 7.00. The number of nitrogens with zero attached hydrogens (tertiary/aromatic N) is 1.